The van der Waals surface area contributed by atoms with Crippen LogP contribution in [0.2, 0.25) is 0 Å². The third kappa shape index (κ3) is 3.59. The summed E-state index contributed by atoms with van der Waals surface area (Å²) in [5.41, 5.74) is 0.947. The van der Waals surface area contributed by atoms with E-state index in [-0.39, 0.29) is 6.04 Å². The summed E-state index contributed by atoms with van der Waals surface area (Å²) in [7, 11) is -1.81. The molecule has 0 unspecified atom stereocenters. The van der Waals surface area contributed by atoms with E-state index in [1.165, 1.54) is 4.31 Å². The highest BCUT2D eigenvalue weighted by Gasteiger charge is 2.19. The van der Waals surface area contributed by atoms with Crippen molar-refractivity contribution < 1.29 is 8.42 Å². The van der Waals surface area contributed by atoms with Gasteiger partial charge in [0, 0.05) is 19.6 Å². The van der Waals surface area contributed by atoms with Gasteiger partial charge in [-0.1, -0.05) is 30.3 Å². The molecule has 0 saturated carbocycles. The zero-order chi connectivity index (χ0) is 12.2. The lowest BCUT2D eigenvalue weighted by molar-refractivity contribution is 0.402. The van der Waals surface area contributed by atoms with Gasteiger partial charge < -0.3 is 0 Å². The molecule has 0 atom stereocenters. The Hall–Kier alpha value is -0.910. The normalized spacial score (nSPS) is 12.3. The van der Waals surface area contributed by atoms with Crippen molar-refractivity contribution in [3.05, 3.63) is 35.9 Å². The van der Waals surface area contributed by atoms with E-state index in [1.807, 2.05) is 44.2 Å². The van der Waals surface area contributed by atoms with E-state index in [2.05, 4.69) is 4.72 Å². The van der Waals surface area contributed by atoms with Crippen LogP contribution in [0.15, 0.2) is 30.3 Å². The highest BCUT2D eigenvalue weighted by Crippen LogP contribution is 2.03. The van der Waals surface area contributed by atoms with Crippen molar-refractivity contribution in [2.24, 2.45) is 0 Å². The molecule has 1 N–H and O–H groups in total. The first-order valence-electron chi connectivity index (χ1n) is 5.20. The van der Waals surface area contributed by atoms with Gasteiger partial charge in [0.25, 0.3) is 10.2 Å². The Morgan fingerprint density at radius 1 is 1.25 bits per heavy atom. The van der Waals surface area contributed by atoms with Crippen LogP contribution < -0.4 is 4.72 Å². The molecule has 16 heavy (non-hydrogen) atoms. The van der Waals surface area contributed by atoms with E-state index in [9.17, 15) is 8.42 Å². The van der Waals surface area contributed by atoms with Crippen molar-refractivity contribution in [3.8, 4) is 0 Å². The Morgan fingerprint density at radius 3 is 2.31 bits per heavy atom. The minimum absolute atomic E-state index is 0.0479. The lowest BCUT2D eigenvalue weighted by Crippen LogP contribution is -2.41. The van der Waals surface area contributed by atoms with Crippen LogP contribution in [0.3, 0.4) is 0 Å². The summed E-state index contributed by atoms with van der Waals surface area (Å²) in [6, 6.07) is 9.40. The SMILES string of the molecule is CC(C)N(C)S(=O)(=O)NCc1ccccc1. The third-order valence-electron chi connectivity index (χ3n) is 2.41. The molecule has 1 aromatic carbocycles. The molecule has 0 fully saturated rings. The molecule has 1 rings (SSSR count). The first-order chi connectivity index (χ1) is 7.43. The van der Waals surface area contributed by atoms with E-state index >= 15 is 0 Å². The smallest absolute Gasteiger partial charge is 0.198 e. The molecule has 0 aliphatic rings. The summed E-state index contributed by atoms with van der Waals surface area (Å²) in [6.07, 6.45) is 0. The van der Waals surface area contributed by atoms with Crippen molar-refractivity contribution in [2.45, 2.75) is 26.4 Å². The summed E-state index contributed by atoms with van der Waals surface area (Å²) in [6.45, 7) is 3.99. The van der Waals surface area contributed by atoms with Crippen LogP contribution in [0.4, 0.5) is 0 Å². The zero-order valence-electron chi connectivity index (χ0n) is 9.84. The highest BCUT2D eigenvalue weighted by atomic mass is 32.2. The summed E-state index contributed by atoms with van der Waals surface area (Å²) in [5.74, 6) is 0. The standard InChI is InChI=1S/C11H18N2O2S/c1-10(2)13(3)16(14,15)12-9-11-7-5-4-6-8-11/h4-8,10,12H,9H2,1-3H3. The number of hydrogen-bond acceptors (Lipinski definition) is 2. The molecule has 0 amide bonds. The lowest BCUT2D eigenvalue weighted by atomic mass is 10.2. The van der Waals surface area contributed by atoms with Gasteiger partial charge in [-0.2, -0.15) is 17.4 Å². The predicted molar refractivity (Wildman–Crippen MR) is 65.1 cm³/mol. The molecule has 4 nitrogen and oxygen atoms in total. The summed E-state index contributed by atoms with van der Waals surface area (Å²) in [4.78, 5) is 0. The second-order valence-electron chi connectivity index (χ2n) is 3.92. The number of nitrogens with one attached hydrogen (secondary N) is 1. The molecule has 0 aliphatic heterocycles. The molecule has 90 valence electrons. The van der Waals surface area contributed by atoms with Gasteiger partial charge >= 0.3 is 0 Å². The Labute approximate surface area is 97.5 Å². The van der Waals surface area contributed by atoms with Crippen LogP contribution in [0.5, 0.6) is 0 Å². The van der Waals surface area contributed by atoms with Gasteiger partial charge in [-0.05, 0) is 19.4 Å². The molecule has 0 bridgehead atoms. The Bertz CT molecular complexity index is 415. The van der Waals surface area contributed by atoms with E-state index < -0.39 is 10.2 Å². The van der Waals surface area contributed by atoms with Gasteiger partial charge in [-0.15, -0.1) is 0 Å². The maximum Gasteiger partial charge on any atom is 0.279 e. The first kappa shape index (κ1) is 13.2. The number of nitrogens with zero attached hydrogens (tertiary/aromatic N) is 1. The summed E-state index contributed by atoms with van der Waals surface area (Å²) >= 11 is 0. The average molecular weight is 242 g/mol. The largest absolute Gasteiger partial charge is 0.279 e. The quantitative estimate of drug-likeness (QED) is 0.847. The molecule has 1 aromatic rings. The second-order valence-corrected chi connectivity index (χ2v) is 5.74. The fourth-order valence-electron chi connectivity index (χ4n) is 1.15. The Kier molecular flexibility index (Phi) is 4.46. The third-order valence-corrected chi connectivity index (χ3v) is 4.10. The van der Waals surface area contributed by atoms with Crippen molar-refractivity contribution in [1.29, 1.82) is 0 Å². The molecule has 5 heteroatoms. The molecular formula is C11H18N2O2S. The van der Waals surface area contributed by atoms with E-state index in [0.29, 0.717) is 6.54 Å². The number of rotatable bonds is 5. The fraction of sp³-hybridized carbons (Fsp3) is 0.455. The van der Waals surface area contributed by atoms with Crippen molar-refractivity contribution in [2.75, 3.05) is 7.05 Å². The zero-order valence-corrected chi connectivity index (χ0v) is 10.7. The van der Waals surface area contributed by atoms with Crippen molar-refractivity contribution >= 4 is 10.2 Å². The fourth-order valence-corrected chi connectivity index (χ4v) is 2.26. The van der Waals surface area contributed by atoms with Crippen molar-refractivity contribution in [3.63, 3.8) is 0 Å². The van der Waals surface area contributed by atoms with Gasteiger partial charge in [-0.3, -0.25) is 0 Å². The Morgan fingerprint density at radius 2 is 1.81 bits per heavy atom. The first-order valence-corrected chi connectivity index (χ1v) is 6.64. The highest BCUT2D eigenvalue weighted by molar-refractivity contribution is 7.87. The van der Waals surface area contributed by atoms with Crippen LogP contribution >= 0.6 is 0 Å². The Balaban J connectivity index is 2.62. The van der Waals surface area contributed by atoms with E-state index in [4.69, 9.17) is 0 Å². The van der Waals surface area contributed by atoms with Crippen molar-refractivity contribution in [1.82, 2.24) is 9.03 Å². The van der Waals surface area contributed by atoms with Crippen LogP contribution in [-0.2, 0) is 16.8 Å². The van der Waals surface area contributed by atoms with Gasteiger partial charge in [0.05, 0.1) is 0 Å². The van der Waals surface area contributed by atoms with Gasteiger partial charge in [-0.25, -0.2) is 0 Å². The summed E-state index contributed by atoms with van der Waals surface area (Å²) < 4.78 is 27.4. The van der Waals surface area contributed by atoms with Gasteiger partial charge in [0.15, 0.2) is 0 Å². The molecular weight excluding hydrogens is 224 g/mol. The van der Waals surface area contributed by atoms with E-state index in [0.717, 1.165) is 5.56 Å². The van der Waals surface area contributed by atoms with Crippen LogP contribution in [0, 0.1) is 0 Å². The van der Waals surface area contributed by atoms with Gasteiger partial charge in [0.1, 0.15) is 0 Å². The van der Waals surface area contributed by atoms with Crippen LogP contribution in [-0.4, -0.2) is 25.8 Å². The predicted octanol–water partition coefficient (Wildman–Crippen LogP) is 1.36. The molecule has 0 radical (unpaired) electrons. The molecule has 0 aromatic heterocycles. The van der Waals surface area contributed by atoms with E-state index in [1.54, 1.807) is 7.05 Å². The second kappa shape index (κ2) is 5.43. The average Bonchev–Trinajstić information content (AvgIpc) is 2.27. The maximum absolute atomic E-state index is 11.8. The molecule has 0 aliphatic carbocycles. The molecule has 0 saturated heterocycles. The number of benzene rings is 1. The maximum atomic E-state index is 11.8. The molecule has 0 spiro atoms. The lowest BCUT2D eigenvalue weighted by Gasteiger charge is -2.21. The minimum atomic E-state index is -3.37. The van der Waals surface area contributed by atoms with Gasteiger partial charge in [0.2, 0.25) is 0 Å². The topological polar surface area (TPSA) is 49.4 Å². The molecule has 0 heterocycles. The number of hydrogen-bond donors (Lipinski definition) is 1. The summed E-state index contributed by atoms with van der Waals surface area (Å²) in [5, 5.41) is 0. The van der Waals surface area contributed by atoms with Crippen LogP contribution in [0.25, 0.3) is 0 Å². The van der Waals surface area contributed by atoms with Crippen LogP contribution in [0.1, 0.15) is 19.4 Å². The monoisotopic (exact) mass is 242 g/mol. The minimum Gasteiger partial charge on any atom is -0.198 e.